The highest BCUT2D eigenvalue weighted by Crippen LogP contribution is 2.29. The van der Waals surface area contributed by atoms with Crippen LogP contribution in [0.1, 0.15) is 42.2 Å². The molecule has 1 aromatic heterocycles. The average molecular weight is 450 g/mol. The Morgan fingerprint density at radius 1 is 1.03 bits per heavy atom. The number of hydrogen-bond acceptors (Lipinski definition) is 7. The summed E-state index contributed by atoms with van der Waals surface area (Å²) in [6.45, 7) is 2.49. The van der Waals surface area contributed by atoms with E-state index in [1.54, 1.807) is 48.5 Å². The minimum Gasteiger partial charge on any atom is -0.493 e. The number of benzene rings is 2. The second kappa shape index (κ2) is 11.1. The van der Waals surface area contributed by atoms with E-state index in [0.717, 1.165) is 19.3 Å². The maximum absolute atomic E-state index is 13.1. The zero-order valence-electron chi connectivity index (χ0n) is 18.9. The van der Waals surface area contributed by atoms with Crippen LogP contribution in [0.4, 0.5) is 0 Å². The number of aromatic nitrogens is 2. The first-order valence-corrected chi connectivity index (χ1v) is 10.6. The molecule has 3 aromatic rings. The van der Waals surface area contributed by atoms with E-state index in [4.69, 9.17) is 9.47 Å². The number of ether oxygens (including phenoxy) is 3. The first-order valence-electron chi connectivity index (χ1n) is 10.6. The lowest BCUT2D eigenvalue weighted by molar-refractivity contribution is -0.134. The van der Waals surface area contributed by atoms with Gasteiger partial charge in [0.1, 0.15) is 0 Å². The Morgan fingerprint density at radius 3 is 2.48 bits per heavy atom. The molecule has 2 aromatic carbocycles. The van der Waals surface area contributed by atoms with Gasteiger partial charge in [-0.1, -0.05) is 44.0 Å². The molecule has 1 heterocycles. The van der Waals surface area contributed by atoms with Crippen molar-refractivity contribution >= 4 is 28.8 Å². The van der Waals surface area contributed by atoms with Crippen LogP contribution in [0, 0.1) is 0 Å². The highest BCUT2D eigenvalue weighted by molar-refractivity contribution is 6.03. The Labute approximate surface area is 191 Å². The molecule has 0 saturated carbocycles. The van der Waals surface area contributed by atoms with Gasteiger partial charge in [-0.2, -0.15) is 5.10 Å². The molecule has 0 bridgehead atoms. The predicted octanol–water partition coefficient (Wildman–Crippen LogP) is 4.00. The molecule has 0 fully saturated rings. The SMILES string of the molecule is CCCCCn1nc(C(=O)Oc2ccc(/C=C/C(=O)OC)cc2OC)c2ccccc2c1=O. The quantitative estimate of drug-likeness (QED) is 0.210. The molecular formula is C25H26N2O6. The van der Waals surface area contributed by atoms with Crippen molar-refractivity contribution in [2.75, 3.05) is 14.2 Å². The molecule has 0 amide bonds. The van der Waals surface area contributed by atoms with Crippen LogP contribution in [0.2, 0.25) is 0 Å². The number of carbonyl (C=O) groups is 2. The van der Waals surface area contributed by atoms with Gasteiger partial charge in [-0.15, -0.1) is 0 Å². The molecule has 3 rings (SSSR count). The van der Waals surface area contributed by atoms with Crippen molar-refractivity contribution in [1.29, 1.82) is 0 Å². The molecule has 8 heteroatoms. The Hall–Kier alpha value is -3.94. The number of rotatable bonds is 9. The first-order chi connectivity index (χ1) is 16.0. The molecule has 8 nitrogen and oxygen atoms in total. The number of unbranched alkanes of at least 4 members (excludes halogenated alkanes) is 2. The number of aryl methyl sites for hydroxylation is 1. The van der Waals surface area contributed by atoms with Gasteiger partial charge in [0.15, 0.2) is 17.2 Å². The van der Waals surface area contributed by atoms with Crippen LogP contribution in [-0.4, -0.2) is 35.9 Å². The predicted molar refractivity (Wildman–Crippen MR) is 125 cm³/mol. The number of esters is 2. The summed E-state index contributed by atoms with van der Waals surface area (Å²) >= 11 is 0. The number of carbonyl (C=O) groups excluding carboxylic acids is 2. The van der Waals surface area contributed by atoms with E-state index in [1.165, 1.54) is 25.0 Å². The number of hydrogen-bond donors (Lipinski definition) is 0. The Balaban J connectivity index is 1.94. The van der Waals surface area contributed by atoms with E-state index in [1.807, 2.05) is 0 Å². The second-order valence-electron chi connectivity index (χ2n) is 7.29. The molecule has 0 unspecified atom stereocenters. The largest absolute Gasteiger partial charge is 0.493 e. The molecule has 0 N–H and O–H groups in total. The molecule has 0 spiro atoms. The monoisotopic (exact) mass is 450 g/mol. The van der Waals surface area contributed by atoms with Crippen LogP contribution < -0.4 is 15.0 Å². The highest BCUT2D eigenvalue weighted by Gasteiger charge is 2.20. The van der Waals surface area contributed by atoms with E-state index in [-0.39, 0.29) is 17.0 Å². The fourth-order valence-corrected chi connectivity index (χ4v) is 3.30. The fraction of sp³-hybridized carbons (Fsp3) is 0.280. The van der Waals surface area contributed by atoms with Crippen LogP contribution in [-0.2, 0) is 16.1 Å². The smallest absolute Gasteiger partial charge is 0.364 e. The van der Waals surface area contributed by atoms with Crippen molar-refractivity contribution in [3.8, 4) is 11.5 Å². The molecule has 0 radical (unpaired) electrons. The standard InChI is InChI=1S/C25H26N2O6/c1-4-5-8-15-27-24(29)19-10-7-6-9-18(19)23(26-27)25(30)33-20-13-11-17(16-21(20)31-2)12-14-22(28)32-3/h6-7,9-14,16H,4-5,8,15H2,1-3H3/b14-12+. The van der Waals surface area contributed by atoms with Gasteiger partial charge in [-0.25, -0.2) is 14.3 Å². The summed E-state index contributed by atoms with van der Waals surface area (Å²) < 4.78 is 16.9. The summed E-state index contributed by atoms with van der Waals surface area (Å²) in [4.78, 5) is 37.2. The van der Waals surface area contributed by atoms with Gasteiger partial charge >= 0.3 is 11.9 Å². The summed E-state index contributed by atoms with van der Waals surface area (Å²) in [5.41, 5.74) is 0.473. The maximum Gasteiger partial charge on any atom is 0.364 e. The normalized spacial score (nSPS) is 11.0. The third-order valence-electron chi connectivity index (χ3n) is 5.04. The number of methoxy groups -OCH3 is 2. The average Bonchev–Trinajstić information content (AvgIpc) is 2.84. The maximum atomic E-state index is 13.1. The summed E-state index contributed by atoms with van der Waals surface area (Å²) in [5.74, 6) is -0.702. The minimum atomic E-state index is -0.702. The Kier molecular flexibility index (Phi) is 7.96. The molecular weight excluding hydrogens is 424 g/mol. The van der Waals surface area contributed by atoms with E-state index < -0.39 is 11.9 Å². The molecule has 0 saturated heterocycles. The van der Waals surface area contributed by atoms with E-state index in [2.05, 4.69) is 16.8 Å². The molecule has 33 heavy (non-hydrogen) atoms. The van der Waals surface area contributed by atoms with E-state index in [9.17, 15) is 14.4 Å². The van der Waals surface area contributed by atoms with Gasteiger partial charge in [0.05, 0.1) is 19.6 Å². The van der Waals surface area contributed by atoms with Gasteiger partial charge < -0.3 is 14.2 Å². The van der Waals surface area contributed by atoms with Crippen LogP contribution >= 0.6 is 0 Å². The highest BCUT2D eigenvalue weighted by atomic mass is 16.6. The summed E-state index contributed by atoms with van der Waals surface area (Å²) in [6.07, 6.45) is 5.57. The Morgan fingerprint density at radius 2 is 1.79 bits per heavy atom. The van der Waals surface area contributed by atoms with Crippen molar-refractivity contribution in [2.24, 2.45) is 0 Å². The first kappa shape index (κ1) is 23.7. The topological polar surface area (TPSA) is 96.7 Å². The zero-order valence-corrected chi connectivity index (χ0v) is 18.9. The van der Waals surface area contributed by atoms with E-state index in [0.29, 0.717) is 28.6 Å². The third kappa shape index (κ3) is 5.65. The lowest BCUT2D eigenvalue weighted by atomic mass is 10.1. The molecule has 0 aliphatic carbocycles. The van der Waals surface area contributed by atoms with E-state index >= 15 is 0 Å². The third-order valence-corrected chi connectivity index (χ3v) is 5.04. The summed E-state index contributed by atoms with van der Waals surface area (Å²) in [5, 5.41) is 5.16. The number of fused-ring (bicyclic) bond motifs is 1. The van der Waals surface area contributed by atoms with Crippen LogP contribution in [0.25, 0.3) is 16.8 Å². The summed E-state index contributed by atoms with van der Waals surface area (Å²) in [6, 6.07) is 11.7. The van der Waals surface area contributed by atoms with Gasteiger partial charge in [0, 0.05) is 18.0 Å². The van der Waals surface area contributed by atoms with Gasteiger partial charge in [-0.05, 0) is 36.3 Å². The van der Waals surface area contributed by atoms with Crippen molar-refractivity contribution in [2.45, 2.75) is 32.7 Å². The summed E-state index contributed by atoms with van der Waals surface area (Å²) in [7, 11) is 2.74. The van der Waals surface area contributed by atoms with Crippen molar-refractivity contribution in [3.05, 3.63) is 70.2 Å². The van der Waals surface area contributed by atoms with Gasteiger partial charge in [-0.3, -0.25) is 4.79 Å². The molecule has 0 aliphatic rings. The minimum absolute atomic E-state index is 0.0541. The number of nitrogens with zero attached hydrogens (tertiary/aromatic N) is 2. The molecule has 0 atom stereocenters. The van der Waals surface area contributed by atoms with Crippen molar-refractivity contribution in [1.82, 2.24) is 9.78 Å². The fourth-order valence-electron chi connectivity index (χ4n) is 3.30. The molecule has 172 valence electrons. The van der Waals surface area contributed by atoms with Crippen LogP contribution in [0.15, 0.2) is 53.3 Å². The van der Waals surface area contributed by atoms with Gasteiger partial charge in [0.2, 0.25) is 0 Å². The van der Waals surface area contributed by atoms with Crippen molar-refractivity contribution in [3.63, 3.8) is 0 Å². The second-order valence-corrected chi connectivity index (χ2v) is 7.29. The molecule has 0 aliphatic heterocycles. The Bertz CT molecular complexity index is 1250. The van der Waals surface area contributed by atoms with Crippen LogP contribution in [0.5, 0.6) is 11.5 Å². The van der Waals surface area contributed by atoms with Gasteiger partial charge in [0.25, 0.3) is 5.56 Å². The lowest BCUT2D eigenvalue weighted by Crippen LogP contribution is -2.27. The lowest BCUT2D eigenvalue weighted by Gasteiger charge is -2.12. The van der Waals surface area contributed by atoms with Crippen molar-refractivity contribution < 1.29 is 23.8 Å². The zero-order chi connectivity index (χ0) is 23.8. The van der Waals surface area contributed by atoms with Crippen LogP contribution in [0.3, 0.4) is 0 Å².